The number of methoxy groups -OCH3 is 1. The van der Waals surface area contributed by atoms with Crippen molar-refractivity contribution in [2.24, 2.45) is 0 Å². The Hall–Kier alpha value is -0.260. The number of hydrogen-bond acceptors (Lipinski definition) is 5. The van der Waals surface area contributed by atoms with Crippen LogP contribution in [0.2, 0.25) is 0 Å². The van der Waals surface area contributed by atoms with E-state index in [0.717, 1.165) is 19.3 Å². The van der Waals surface area contributed by atoms with E-state index in [-0.39, 0.29) is 17.1 Å². The summed E-state index contributed by atoms with van der Waals surface area (Å²) in [6.07, 6.45) is 6.06. The molecule has 0 bridgehead atoms. The smallest absolute Gasteiger partial charge is 0.305 e. The lowest BCUT2D eigenvalue weighted by Gasteiger charge is -2.33. The van der Waals surface area contributed by atoms with Crippen molar-refractivity contribution < 1.29 is 14.3 Å². The van der Waals surface area contributed by atoms with Crippen molar-refractivity contribution in [1.29, 1.82) is 0 Å². The molecule has 0 rings (SSSR count). The first-order valence-corrected chi connectivity index (χ1v) is 8.58. The minimum Gasteiger partial charge on any atom is -0.469 e. The minimum atomic E-state index is -0.248. The van der Waals surface area contributed by atoms with Crippen molar-refractivity contribution in [2.75, 3.05) is 20.0 Å². The number of esters is 1. The molecule has 0 saturated heterocycles. The molecule has 2 unspecified atom stereocenters. The van der Waals surface area contributed by atoms with Gasteiger partial charge in [-0.05, 0) is 45.8 Å². The monoisotopic (exact) mass is 305 g/mol. The maximum absolute atomic E-state index is 11.2. The van der Waals surface area contributed by atoms with E-state index in [9.17, 15) is 4.79 Å². The third-order valence-corrected chi connectivity index (χ3v) is 4.76. The van der Waals surface area contributed by atoms with E-state index in [1.54, 1.807) is 11.9 Å². The molecule has 4 nitrogen and oxygen atoms in total. The van der Waals surface area contributed by atoms with Gasteiger partial charge in [-0.2, -0.15) is 0 Å². The van der Waals surface area contributed by atoms with Gasteiger partial charge in [0.05, 0.1) is 12.7 Å². The molecule has 0 aromatic rings. The zero-order valence-corrected chi connectivity index (χ0v) is 14.7. The summed E-state index contributed by atoms with van der Waals surface area (Å²) in [5.41, 5.74) is -0.154. The number of rotatable bonds is 11. The zero-order valence-electron chi connectivity index (χ0n) is 13.9. The molecular formula is C15H31NO3S. The van der Waals surface area contributed by atoms with E-state index in [4.69, 9.17) is 9.47 Å². The molecule has 0 spiro atoms. The second kappa shape index (κ2) is 9.64. The molecule has 0 fully saturated rings. The van der Waals surface area contributed by atoms with E-state index >= 15 is 0 Å². The fraction of sp³-hybridized carbons (Fsp3) is 0.933. The molecule has 2 atom stereocenters. The van der Waals surface area contributed by atoms with Crippen molar-refractivity contribution >= 4 is 17.9 Å². The van der Waals surface area contributed by atoms with Gasteiger partial charge in [0.1, 0.15) is 0 Å². The lowest BCUT2D eigenvalue weighted by molar-refractivity contribution is -0.142. The van der Waals surface area contributed by atoms with E-state index in [1.165, 1.54) is 7.11 Å². The van der Waals surface area contributed by atoms with Crippen LogP contribution in [0.15, 0.2) is 0 Å². The van der Waals surface area contributed by atoms with Gasteiger partial charge in [0.15, 0.2) is 0 Å². The largest absolute Gasteiger partial charge is 0.469 e. The average molecular weight is 305 g/mol. The molecule has 0 aromatic carbocycles. The lowest BCUT2D eigenvalue weighted by Crippen LogP contribution is -2.40. The zero-order chi connectivity index (χ0) is 15.6. The number of hydrogen-bond donors (Lipinski definition) is 1. The first kappa shape index (κ1) is 19.7. The first-order valence-electron chi connectivity index (χ1n) is 7.35. The summed E-state index contributed by atoms with van der Waals surface area (Å²) in [6, 6.07) is 0. The highest BCUT2D eigenvalue weighted by Gasteiger charge is 2.26. The van der Waals surface area contributed by atoms with Gasteiger partial charge in [-0.15, -0.1) is 0 Å². The molecule has 120 valence electrons. The van der Waals surface area contributed by atoms with Gasteiger partial charge in [0, 0.05) is 18.6 Å². The summed E-state index contributed by atoms with van der Waals surface area (Å²) in [4.78, 5) is 11.2. The van der Waals surface area contributed by atoms with Crippen LogP contribution in [-0.4, -0.2) is 37.1 Å². The van der Waals surface area contributed by atoms with Crippen molar-refractivity contribution in [3.63, 3.8) is 0 Å². The molecule has 0 aromatic heterocycles. The Morgan fingerprint density at radius 2 is 1.85 bits per heavy atom. The van der Waals surface area contributed by atoms with Gasteiger partial charge < -0.3 is 9.47 Å². The van der Waals surface area contributed by atoms with Crippen LogP contribution in [0.4, 0.5) is 0 Å². The molecule has 0 aliphatic heterocycles. The van der Waals surface area contributed by atoms with Crippen LogP contribution in [-0.2, 0) is 14.3 Å². The van der Waals surface area contributed by atoms with Crippen LogP contribution in [0, 0.1) is 0 Å². The number of carbonyl (C=O) groups excluding carboxylic acids is 1. The molecular weight excluding hydrogens is 274 g/mol. The molecule has 5 heteroatoms. The van der Waals surface area contributed by atoms with Gasteiger partial charge in [-0.25, -0.2) is 0 Å². The highest BCUT2D eigenvalue weighted by Crippen LogP contribution is 2.24. The Balaban J connectivity index is 4.25. The van der Waals surface area contributed by atoms with Crippen LogP contribution < -0.4 is 4.72 Å². The Bertz CT molecular complexity index is 288. The van der Waals surface area contributed by atoms with Crippen molar-refractivity contribution in [2.45, 2.75) is 70.9 Å². The van der Waals surface area contributed by atoms with Crippen LogP contribution in [0.3, 0.4) is 0 Å². The maximum Gasteiger partial charge on any atom is 0.305 e. The van der Waals surface area contributed by atoms with Crippen molar-refractivity contribution in [3.8, 4) is 0 Å². The van der Waals surface area contributed by atoms with E-state index < -0.39 is 0 Å². The fourth-order valence-electron chi connectivity index (χ4n) is 1.89. The quantitative estimate of drug-likeness (QED) is 0.467. The normalized spacial score (nSPS) is 17.3. The summed E-state index contributed by atoms with van der Waals surface area (Å²) in [5.74, 6) is -0.171. The van der Waals surface area contributed by atoms with Crippen LogP contribution >= 0.6 is 11.9 Å². The molecule has 0 saturated carbocycles. The number of ether oxygens (including phenoxy) is 2. The third kappa shape index (κ3) is 7.50. The topological polar surface area (TPSA) is 47.6 Å². The van der Waals surface area contributed by atoms with Gasteiger partial charge >= 0.3 is 5.97 Å². The second-order valence-electron chi connectivity index (χ2n) is 5.70. The van der Waals surface area contributed by atoms with E-state index in [1.807, 2.05) is 6.26 Å². The Morgan fingerprint density at radius 3 is 2.30 bits per heavy atom. The average Bonchev–Trinajstić information content (AvgIpc) is 2.45. The molecule has 0 amide bonds. The molecule has 0 aliphatic carbocycles. The van der Waals surface area contributed by atoms with Gasteiger partial charge in [0.2, 0.25) is 0 Å². The van der Waals surface area contributed by atoms with Gasteiger partial charge in [-0.3, -0.25) is 9.52 Å². The molecule has 0 heterocycles. The van der Waals surface area contributed by atoms with Crippen molar-refractivity contribution in [1.82, 2.24) is 4.72 Å². The van der Waals surface area contributed by atoms with Crippen LogP contribution in [0.25, 0.3) is 0 Å². The molecule has 0 aliphatic rings. The van der Waals surface area contributed by atoms with Crippen molar-refractivity contribution in [3.05, 3.63) is 0 Å². The van der Waals surface area contributed by atoms with E-state index in [0.29, 0.717) is 19.4 Å². The highest BCUT2D eigenvalue weighted by atomic mass is 32.2. The first-order chi connectivity index (χ1) is 9.34. The van der Waals surface area contributed by atoms with Gasteiger partial charge in [0.25, 0.3) is 0 Å². The predicted molar refractivity (Wildman–Crippen MR) is 85.9 cm³/mol. The molecule has 0 radical (unpaired) electrons. The standard InChI is InChI=1S/C15H31NO3S/c1-7-14(3,16-20-6)11-12-19-15(4,8-2)10-9-13(17)18-5/h16H,7-12H2,1-6H3. The summed E-state index contributed by atoms with van der Waals surface area (Å²) in [6.45, 7) is 9.26. The van der Waals surface area contributed by atoms with Crippen LogP contribution in [0.1, 0.15) is 59.8 Å². The van der Waals surface area contributed by atoms with E-state index in [2.05, 4.69) is 32.4 Å². The molecule has 20 heavy (non-hydrogen) atoms. The Morgan fingerprint density at radius 1 is 1.20 bits per heavy atom. The predicted octanol–water partition coefficient (Wildman–Crippen LogP) is 3.55. The highest BCUT2D eigenvalue weighted by molar-refractivity contribution is 7.96. The Labute approximate surface area is 128 Å². The van der Waals surface area contributed by atoms with Crippen LogP contribution in [0.5, 0.6) is 0 Å². The number of nitrogens with one attached hydrogen (secondary N) is 1. The summed E-state index contributed by atoms with van der Waals surface area (Å²) >= 11 is 1.65. The summed E-state index contributed by atoms with van der Waals surface area (Å²) in [7, 11) is 1.42. The molecule has 1 N–H and O–H groups in total. The SMILES string of the molecule is CCC(C)(CCOC(C)(CC)CCC(=O)OC)NSC. The minimum absolute atomic E-state index is 0.0937. The van der Waals surface area contributed by atoms with Gasteiger partial charge in [-0.1, -0.05) is 25.8 Å². The maximum atomic E-state index is 11.2. The Kier molecular flexibility index (Phi) is 9.51. The second-order valence-corrected chi connectivity index (χ2v) is 6.31. The lowest BCUT2D eigenvalue weighted by atomic mass is 9.94. The number of carbonyl (C=O) groups is 1. The summed E-state index contributed by atoms with van der Waals surface area (Å²) < 4.78 is 14.2. The summed E-state index contributed by atoms with van der Waals surface area (Å²) in [5, 5.41) is 0. The third-order valence-electron chi connectivity index (χ3n) is 4.07. The fourth-order valence-corrected chi connectivity index (χ4v) is 2.63.